The monoisotopic (exact) mass is 288 g/mol. The first-order valence-electron chi connectivity index (χ1n) is 5.95. The SMILES string of the molecule is CSc1ccc(C=C(C(=O)O)c2ccc(F)cc2)cc1. The zero-order chi connectivity index (χ0) is 14.5. The van der Waals surface area contributed by atoms with Gasteiger partial charge in [0.05, 0.1) is 5.57 Å². The lowest BCUT2D eigenvalue weighted by Gasteiger charge is -2.04. The second-order valence-corrected chi connectivity index (χ2v) is 5.02. The zero-order valence-electron chi connectivity index (χ0n) is 10.8. The van der Waals surface area contributed by atoms with Gasteiger partial charge in [-0.15, -0.1) is 11.8 Å². The molecular weight excluding hydrogens is 275 g/mol. The van der Waals surface area contributed by atoms with Crippen LogP contribution >= 0.6 is 11.8 Å². The summed E-state index contributed by atoms with van der Waals surface area (Å²) in [5.74, 6) is -1.42. The van der Waals surface area contributed by atoms with E-state index in [9.17, 15) is 14.3 Å². The molecule has 2 nitrogen and oxygen atoms in total. The van der Waals surface area contributed by atoms with Gasteiger partial charge in [0.2, 0.25) is 0 Å². The summed E-state index contributed by atoms with van der Waals surface area (Å²) in [5, 5.41) is 9.29. The third-order valence-corrected chi connectivity index (χ3v) is 3.56. The molecule has 20 heavy (non-hydrogen) atoms. The van der Waals surface area contributed by atoms with Gasteiger partial charge in [-0.05, 0) is 47.7 Å². The van der Waals surface area contributed by atoms with E-state index >= 15 is 0 Å². The molecule has 0 unspecified atom stereocenters. The highest BCUT2D eigenvalue weighted by Crippen LogP contribution is 2.21. The van der Waals surface area contributed by atoms with Gasteiger partial charge in [-0.1, -0.05) is 24.3 Å². The molecule has 1 N–H and O–H groups in total. The van der Waals surface area contributed by atoms with Crippen LogP contribution in [-0.4, -0.2) is 17.3 Å². The van der Waals surface area contributed by atoms with Crippen LogP contribution in [0.3, 0.4) is 0 Å². The van der Waals surface area contributed by atoms with Gasteiger partial charge >= 0.3 is 5.97 Å². The van der Waals surface area contributed by atoms with E-state index in [1.54, 1.807) is 17.8 Å². The second-order valence-electron chi connectivity index (χ2n) is 4.14. The van der Waals surface area contributed by atoms with Crippen LogP contribution in [0.2, 0.25) is 0 Å². The van der Waals surface area contributed by atoms with E-state index in [0.717, 1.165) is 10.5 Å². The van der Waals surface area contributed by atoms with Crippen molar-refractivity contribution >= 4 is 29.4 Å². The molecule has 2 aromatic carbocycles. The molecule has 0 bridgehead atoms. The van der Waals surface area contributed by atoms with E-state index in [4.69, 9.17) is 0 Å². The molecule has 102 valence electrons. The third kappa shape index (κ3) is 3.48. The van der Waals surface area contributed by atoms with E-state index in [2.05, 4.69) is 0 Å². The number of benzene rings is 2. The Kier molecular flexibility index (Phi) is 4.58. The lowest BCUT2D eigenvalue weighted by molar-refractivity contribution is -0.130. The molecule has 0 aromatic heterocycles. The number of carboxylic acid groups (broad SMARTS) is 1. The summed E-state index contributed by atoms with van der Waals surface area (Å²) < 4.78 is 12.9. The molecule has 0 aliphatic rings. The fourth-order valence-electron chi connectivity index (χ4n) is 1.76. The van der Waals surface area contributed by atoms with Crippen molar-refractivity contribution < 1.29 is 14.3 Å². The Morgan fingerprint density at radius 3 is 2.20 bits per heavy atom. The number of carboxylic acids is 1. The summed E-state index contributed by atoms with van der Waals surface area (Å²) >= 11 is 1.62. The van der Waals surface area contributed by atoms with Crippen LogP contribution in [0.15, 0.2) is 53.4 Å². The minimum atomic E-state index is -1.04. The molecule has 0 atom stereocenters. The fraction of sp³-hybridized carbons (Fsp3) is 0.0625. The van der Waals surface area contributed by atoms with Crippen LogP contribution in [0.1, 0.15) is 11.1 Å². The number of carbonyl (C=O) groups is 1. The largest absolute Gasteiger partial charge is 0.478 e. The lowest BCUT2D eigenvalue weighted by Crippen LogP contribution is -1.99. The Bertz CT molecular complexity index is 631. The van der Waals surface area contributed by atoms with Crippen molar-refractivity contribution in [2.45, 2.75) is 4.90 Å². The summed E-state index contributed by atoms with van der Waals surface area (Å²) in [6.07, 6.45) is 3.56. The first kappa shape index (κ1) is 14.3. The number of hydrogen-bond donors (Lipinski definition) is 1. The fourth-order valence-corrected chi connectivity index (χ4v) is 2.17. The van der Waals surface area contributed by atoms with Gasteiger partial charge in [-0.2, -0.15) is 0 Å². The summed E-state index contributed by atoms with van der Waals surface area (Å²) in [6.45, 7) is 0. The maximum atomic E-state index is 12.9. The number of thioether (sulfide) groups is 1. The van der Waals surface area contributed by atoms with Crippen molar-refractivity contribution in [3.8, 4) is 0 Å². The highest BCUT2D eigenvalue weighted by Gasteiger charge is 2.10. The van der Waals surface area contributed by atoms with Crippen LogP contribution in [0.25, 0.3) is 11.6 Å². The molecule has 2 aromatic rings. The Hall–Kier alpha value is -2.07. The molecule has 0 spiro atoms. The standard InChI is InChI=1S/C16H13FO2S/c1-20-14-8-2-11(3-9-14)10-15(16(18)19)12-4-6-13(17)7-5-12/h2-10H,1H3,(H,18,19). The first-order chi connectivity index (χ1) is 9.60. The van der Waals surface area contributed by atoms with Crippen LogP contribution in [0, 0.1) is 5.82 Å². The molecule has 0 radical (unpaired) electrons. The van der Waals surface area contributed by atoms with Crippen molar-refractivity contribution in [2.75, 3.05) is 6.26 Å². The van der Waals surface area contributed by atoms with Crippen LogP contribution in [0.5, 0.6) is 0 Å². The molecule has 0 aliphatic heterocycles. The van der Waals surface area contributed by atoms with Gasteiger partial charge in [0, 0.05) is 4.90 Å². The van der Waals surface area contributed by atoms with Gasteiger partial charge < -0.3 is 5.11 Å². The average Bonchev–Trinajstić information content (AvgIpc) is 2.46. The van der Waals surface area contributed by atoms with Gasteiger partial charge in [0.1, 0.15) is 5.82 Å². The van der Waals surface area contributed by atoms with Crippen LogP contribution in [0.4, 0.5) is 4.39 Å². The summed E-state index contributed by atoms with van der Waals surface area (Å²) in [7, 11) is 0. The van der Waals surface area contributed by atoms with Gasteiger partial charge in [0.15, 0.2) is 0 Å². The van der Waals surface area contributed by atoms with E-state index in [0.29, 0.717) is 5.56 Å². The van der Waals surface area contributed by atoms with Gasteiger partial charge in [-0.25, -0.2) is 9.18 Å². The molecule has 0 saturated carbocycles. The smallest absolute Gasteiger partial charge is 0.336 e. The molecule has 4 heteroatoms. The third-order valence-electron chi connectivity index (χ3n) is 2.81. The Balaban J connectivity index is 2.39. The number of halogens is 1. The van der Waals surface area contributed by atoms with Crippen molar-refractivity contribution in [1.29, 1.82) is 0 Å². The van der Waals surface area contributed by atoms with Crippen LogP contribution in [-0.2, 0) is 4.79 Å². The maximum Gasteiger partial charge on any atom is 0.336 e. The Labute approximate surface area is 121 Å². The zero-order valence-corrected chi connectivity index (χ0v) is 11.7. The average molecular weight is 288 g/mol. The summed E-state index contributed by atoms with van der Waals surface area (Å²) in [4.78, 5) is 12.5. The molecular formula is C16H13FO2S. The Morgan fingerprint density at radius 2 is 1.70 bits per heavy atom. The normalized spacial score (nSPS) is 11.4. The molecule has 0 aliphatic carbocycles. The molecule has 2 rings (SSSR count). The minimum absolute atomic E-state index is 0.141. The van der Waals surface area contributed by atoms with E-state index in [-0.39, 0.29) is 11.4 Å². The highest BCUT2D eigenvalue weighted by molar-refractivity contribution is 7.98. The highest BCUT2D eigenvalue weighted by atomic mass is 32.2. The predicted octanol–water partition coefficient (Wildman–Crippen LogP) is 4.17. The topological polar surface area (TPSA) is 37.3 Å². The quantitative estimate of drug-likeness (QED) is 0.521. The molecule has 0 fully saturated rings. The van der Waals surface area contributed by atoms with Gasteiger partial charge in [0.25, 0.3) is 0 Å². The number of rotatable bonds is 4. The lowest BCUT2D eigenvalue weighted by atomic mass is 10.0. The summed E-state index contributed by atoms with van der Waals surface area (Å²) in [6, 6.07) is 13.0. The van der Waals surface area contributed by atoms with Crippen molar-refractivity contribution in [3.63, 3.8) is 0 Å². The first-order valence-corrected chi connectivity index (χ1v) is 7.17. The summed E-state index contributed by atoms with van der Waals surface area (Å²) in [5.41, 5.74) is 1.42. The molecule has 0 amide bonds. The number of aliphatic carboxylic acids is 1. The Morgan fingerprint density at radius 1 is 1.10 bits per heavy atom. The van der Waals surface area contributed by atoms with E-state index in [1.807, 2.05) is 30.5 Å². The van der Waals surface area contributed by atoms with Crippen molar-refractivity contribution in [2.24, 2.45) is 0 Å². The van der Waals surface area contributed by atoms with Gasteiger partial charge in [-0.3, -0.25) is 0 Å². The number of hydrogen-bond acceptors (Lipinski definition) is 2. The van der Waals surface area contributed by atoms with E-state index in [1.165, 1.54) is 24.3 Å². The molecule has 0 heterocycles. The van der Waals surface area contributed by atoms with Crippen molar-refractivity contribution in [3.05, 3.63) is 65.5 Å². The predicted molar refractivity (Wildman–Crippen MR) is 80.1 cm³/mol. The second kappa shape index (κ2) is 6.39. The van der Waals surface area contributed by atoms with Crippen LogP contribution < -0.4 is 0 Å². The minimum Gasteiger partial charge on any atom is -0.478 e. The van der Waals surface area contributed by atoms with Crippen molar-refractivity contribution in [1.82, 2.24) is 0 Å². The maximum absolute atomic E-state index is 12.9. The molecule has 0 saturated heterocycles. The van der Waals surface area contributed by atoms with E-state index < -0.39 is 5.97 Å².